The van der Waals surface area contributed by atoms with Crippen LogP contribution >= 0.6 is 0 Å². The largest absolute Gasteiger partial charge is 0.497 e. The van der Waals surface area contributed by atoms with Gasteiger partial charge < -0.3 is 15.8 Å². The highest BCUT2D eigenvalue weighted by molar-refractivity contribution is 6.08. The predicted octanol–water partition coefficient (Wildman–Crippen LogP) is 2.24. The Kier molecular flexibility index (Phi) is 4.40. The number of nitrogens with one attached hydrogen (secondary N) is 2. The Morgan fingerprint density at radius 1 is 1.10 bits per heavy atom. The van der Waals surface area contributed by atoms with Crippen molar-refractivity contribution in [1.82, 2.24) is 5.32 Å². The maximum absolute atomic E-state index is 11.8. The maximum atomic E-state index is 11.8. The van der Waals surface area contributed by atoms with Crippen molar-refractivity contribution >= 4 is 23.3 Å². The summed E-state index contributed by atoms with van der Waals surface area (Å²) in [6, 6.07) is 12.5. The summed E-state index contributed by atoms with van der Waals surface area (Å²) >= 11 is 0. The number of anilines is 2. The average Bonchev–Trinajstić information content (AvgIpc) is 2.47. The van der Waals surface area contributed by atoms with Crippen LogP contribution in [0.5, 0.6) is 5.75 Å². The number of nitrogen functional groups attached to an aromatic ring is 1. The molecule has 4 N–H and O–H groups in total. The van der Waals surface area contributed by atoms with Gasteiger partial charge in [-0.2, -0.15) is 0 Å². The number of hydrogen-bond acceptors (Lipinski definition) is 4. The van der Waals surface area contributed by atoms with Crippen molar-refractivity contribution in [2.75, 3.05) is 18.2 Å². The van der Waals surface area contributed by atoms with E-state index in [1.807, 2.05) is 0 Å². The highest BCUT2D eigenvalue weighted by Gasteiger charge is 2.10. The summed E-state index contributed by atoms with van der Waals surface area (Å²) in [6.45, 7) is 0. The standard InChI is InChI=1S/C15H15N3O3/c1-21-13-4-2-3-12(9-13)17-15(20)18-14(19)10-5-7-11(16)8-6-10/h2-9H,16H2,1H3,(H2,17,18,19,20). The highest BCUT2D eigenvalue weighted by atomic mass is 16.5. The molecule has 2 aromatic carbocycles. The molecule has 0 aliphatic heterocycles. The molecule has 0 radical (unpaired) electrons. The number of amides is 3. The first-order valence-electron chi connectivity index (χ1n) is 6.20. The molecule has 2 aromatic rings. The molecule has 0 fully saturated rings. The number of urea groups is 1. The number of benzene rings is 2. The summed E-state index contributed by atoms with van der Waals surface area (Å²) in [5.74, 6) is 0.105. The van der Waals surface area contributed by atoms with Gasteiger partial charge in [0.1, 0.15) is 5.75 Å². The molecule has 0 saturated carbocycles. The Morgan fingerprint density at radius 3 is 2.48 bits per heavy atom. The van der Waals surface area contributed by atoms with Gasteiger partial charge in [-0.05, 0) is 36.4 Å². The van der Waals surface area contributed by atoms with Gasteiger partial charge in [0.05, 0.1) is 7.11 Å². The number of carbonyl (C=O) groups is 2. The molecule has 108 valence electrons. The summed E-state index contributed by atoms with van der Waals surface area (Å²) < 4.78 is 5.05. The van der Waals surface area contributed by atoms with E-state index >= 15 is 0 Å². The van der Waals surface area contributed by atoms with Crippen molar-refractivity contribution in [3.05, 3.63) is 54.1 Å². The van der Waals surface area contributed by atoms with Gasteiger partial charge in [0, 0.05) is 23.0 Å². The van der Waals surface area contributed by atoms with Crippen LogP contribution < -0.4 is 21.1 Å². The zero-order valence-electron chi connectivity index (χ0n) is 11.4. The number of imide groups is 1. The van der Waals surface area contributed by atoms with Crippen molar-refractivity contribution in [2.24, 2.45) is 0 Å². The van der Waals surface area contributed by atoms with Gasteiger partial charge in [0.15, 0.2) is 0 Å². The molecule has 0 aliphatic carbocycles. The maximum Gasteiger partial charge on any atom is 0.326 e. The monoisotopic (exact) mass is 285 g/mol. The van der Waals surface area contributed by atoms with Crippen LogP contribution in [0.25, 0.3) is 0 Å². The molecule has 3 amide bonds. The molecule has 0 bridgehead atoms. The zero-order valence-corrected chi connectivity index (χ0v) is 11.4. The van der Waals surface area contributed by atoms with E-state index in [1.54, 1.807) is 48.5 Å². The van der Waals surface area contributed by atoms with E-state index in [1.165, 1.54) is 7.11 Å². The van der Waals surface area contributed by atoms with Gasteiger partial charge in [-0.3, -0.25) is 10.1 Å². The van der Waals surface area contributed by atoms with Crippen molar-refractivity contribution in [2.45, 2.75) is 0 Å². The average molecular weight is 285 g/mol. The fraction of sp³-hybridized carbons (Fsp3) is 0.0667. The van der Waals surface area contributed by atoms with E-state index in [4.69, 9.17) is 10.5 Å². The van der Waals surface area contributed by atoms with Gasteiger partial charge in [-0.25, -0.2) is 4.79 Å². The van der Waals surface area contributed by atoms with Crippen molar-refractivity contribution < 1.29 is 14.3 Å². The number of hydrogen-bond donors (Lipinski definition) is 3. The summed E-state index contributed by atoms with van der Waals surface area (Å²) in [6.07, 6.45) is 0. The third kappa shape index (κ3) is 3.97. The zero-order chi connectivity index (χ0) is 15.2. The van der Waals surface area contributed by atoms with Gasteiger partial charge in [-0.1, -0.05) is 6.07 Å². The van der Waals surface area contributed by atoms with Crippen LogP contribution in [0.1, 0.15) is 10.4 Å². The van der Waals surface area contributed by atoms with Crippen molar-refractivity contribution in [3.8, 4) is 5.75 Å². The van der Waals surface area contributed by atoms with E-state index < -0.39 is 11.9 Å². The second-order valence-electron chi connectivity index (χ2n) is 4.26. The van der Waals surface area contributed by atoms with Crippen LogP contribution in [0, 0.1) is 0 Å². The van der Waals surface area contributed by atoms with Crippen LogP contribution in [0.4, 0.5) is 16.2 Å². The van der Waals surface area contributed by atoms with Crippen molar-refractivity contribution in [3.63, 3.8) is 0 Å². The molecular formula is C15H15N3O3. The van der Waals surface area contributed by atoms with Gasteiger partial charge in [0.2, 0.25) is 0 Å². The minimum absolute atomic E-state index is 0.352. The van der Waals surface area contributed by atoms with Gasteiger partial charge in [-0.15, -0.1) is 0 Å². The molecule has 0 spiro atoms. The van der Waals surface area contributed by atoms with Gasteiger partial charge >= 0.3 is 6.03 Å². The number of rotatable bonds is 3. The van der Waals surface area contributed by atoms with Crippen LogP contribution in [0.2, 0.25) is 0 Å². The Hall–Kier alpha value is -3.02. The molecule has 0 aliphatic rings. The quantitative estimate of drug-likeness (QED) is 0.754. The van der Waals surface area contributed by atoms with E-state index in [0.29, 0.717) is 22.7 Å². The highest BCUT2D eigenvalue weighted by Crippen LogP contribution is 2.16. The fourth-order valence-electron chi connectivity index (χ4n) is 1.67. The predicted molar refractivity (Wildman–Crippen MR) is 80.3 cm³/mol. The van der Waals surface area contributed by atoms with Crippen LogP contribution in [0.15, 0.2) is 48.5 Å². The molecular weight excluding hydrogens is 270 g/mol. The Bertz CT molecular complexity index is 653. The molecule has 21 heavy (non-hydrogen) atoms. The van der Waals surface area contributed by atoms with E-state index in [9.17, 15) is 9.59 Å². The molecule has 2 rings (SSSR count). The molecule has 0 atom stereocenters. The first-order valence-corrected chi connectivity index (χ1v) is 6.20. The summed E-state index contributed by atoms with van der Waals surface area (Å²) in [4.78, 5) is 23.6. The molecule has 6 heteroatoms. The smallest absolute Gasteiger partial charge is 0.326 e. The van der Waals surface area contributed by atoms with Crippen LogP contribution in [-0.2, 0) is 0 Å². The normalized spacial score (nSPS) is 9.76. The lowest BCUT2D eigenvalue weighted by atomic mass is 10.2. The summed E-state index contributed by atoms with van der Waals surface area (Å²) in [5, 5.41) is 4.78. The Labute approximate surface area is 121 Å². The lowest BCUT2D eigenvalue weighted by molar-refractivity contribution is 0.0967. The number of carbonyl (C=O) groups excluding carboxylic acids is 2. The van der Waals surface area contributed by atoms with E-state index in [-0.39, 0.29) is 0 Å². The lowest BCUT2D eigenvalue weighted by Crippen LogP contribution is -2.34. The Morgan fingerprint density at radius 2 is 1.81 bits per heavy atom. The number of ether oxygens (including phenoxy) is 1. The number of methoxy groups -OCH3 is 1. The molecule has 0 unspecified atom stereocenters. The third-order valence-corrected chi connectivity index (χ3v) is 2.73. The molecule has 0 aromatic heterocycles. The fourth-order valence-corrected chi connectivity index (χ4v) is 1.67. The minimum atomic E-state index is -0.620. The SMILES string of the molecule is COc1cccc(NC(=O)NC(=O)c2ccc(N)cc2)c1. The summed E-state index contributed by atoms with van der Waals surface area (Å²) in [7, 11) is 1.53. The first-order chi connectivity index (χ1) is 10.1. The third-order valence-electron chi connectivity index (χ3n) is 2.73. The molecule has 0 saturated heterocycles. The minimum Gasteiger partial charge on any atom is -0.497 e. The second kappa shape index (κ2) is 6.42. The number of nitrogens with two attached hydrogens (primary N) is 1. The van der Waals surface area contributed by atoms with E-state index in [2.05, 4.69) is 10.6 Å². The van der Waals surface area contributed by atoms with Crippen LogP contribution in [0.3, 0.4) is 0 Å². The van der Waals surface area contributed by atoms with Crippen LogP contribution in [-0.4, -0.2) is 19.0 Å². The van der Waals surface area contributed by atoms with E-state index in [0.717, 1.165) is 0 Å². The van der Waals surface area contributed by atoms with Crippen molar-refractivity contribution in [1.29, 1.82) is 0 Å². The summed E-state index contributed by atoms with van der Waals surface area (Å²) in [5.41, 5.74) is 6.96. The van der Waals surface area contributed by atoms with Gasteiger partial charge in [0.25, 0.3) is 5.91 Å². The molecule has 0 heterocycles. The first kappa shape index (κ1) is 14.4. The molecule has 6 nitrogen and oxygen atoms in total. The Balaban J connectivity index is 1.97. The lowest BCUT2D eigenvalue weighted by Gasteiger charge is -2.08. The topological polar surface area (TPSA) is 93.5 Å². The second-order valence-corrected chi connectivity index (χ2v) is 4.26.